The van der Waals surface area contributed by atoms with Gasteiger partial charge < -0.3 is 64.3 Å². The molecule has 1 aliphatic heterocycles. The summed E-state index contributed by atoms with van der Waals surface area (Å²) >= 11 is 0. The van der Waals surface area contributed by atoms with Crippen LogP contribution in [-0.4, -0.2) is 158 Å². The summed E-state index contributed by atoms with van der Waals surface area (Å²) in [5, 5.41) is 37.7. The van der Waals surface area contributed by atoms with Gasteiger partial charge in [0.15, 0.2) is 0 Å². The minimum atomic E-state index is -1.82. The maximum absolute atomic E-state index is 15.5. The number of carbonyl (C=O) groups excluding carboxylic acids is 11. The molecule has 0 spiro atoms. The first-order valence-electron chi connectivity index (χ1n) is 31.4. The number of aromatic nitrogens is 1. The standard InChI is InChI=1S/C69H84N12O13/c1-41(2)60-69(94)81(56(38-45-21-11-6-12-22-45)67(92)79-61(42(3)82)62(72)87)59(86)32-34-73-57(84)30-31-58(85)80(68(93)50(71)35-43-17-7-4-8-18-43)55(37-44-19-9-5-10-20-44)66(91)77-53(36-46-26-28-48(83)29-27-46)64(89)76-54(39-47-40-74-51-24-14-13-23-49(47)51)65(90)75-52(63(88)78-60)25-15-16-33-70/h4-14,17-24,26-29,40-42,50,52-56,60-61,74,82-83H,15-16,25,30-39,70-71H2,1-3H3,(H2,72,87)(H,73,84)(H,75,90)(H,76,89)(H,77,91)(H,78,88)(H,79,92)/t42-,50-,52+,53+,54-,55+,56+,60+,61+/m1/s1. The normalized spacial score (nSPS) is 20.0. The molecule has 1 saturated heterocycles. The molecule has 1 fully saturated rings. The minimum Gasteiger partial charge on any atom is -0.508 e. The lowest BCUT2D eigenvalue weighted by Crippen LogP contribution is -2.63. The van der Waals surface area contributed by atoms with E-state index in [4.69, 9.17) is 17.2 Å². The highest BCUT2D eigenvalue weighted by molar-refractivity contribution is 6.06. The number of hydrogen-bond acceptors (Lipinski definition) is 15. The van der Waals surface area contributed by atoms with Crippen molar-refractivity contribution in [2.24, 2.45) is 23.1 Å². The Morgan fingerprint density at radius 1 is 0.617 bits per heavy atom. The number of hydrogen-bond donors (Lipinski definition) is 12. The summed E-state index contributed by atoms with van der Waals surface area (Å²) in [7, 11) is 0. The van der Waals surface area contributed by atoms with Crippen LogP contribution in [0.25, 0.3) is 10.9 Å². The Bertz CT molecular complexity index is 3610. The Kier molecular flexibility index (Phi) is 26.2. The van der Waals surface area contributed by atoms with E-state index in [-0.39, 0.29) is 57.2 Å². The van der Waals surface area contributed by atoms with E-state index in [1.54, 1.807) is 135 Å². The van der Waals surface area contributed by atoms with E-state index in [2.05, 4.69) is 36.9 Å². The summed E-state index contributed by atoms with van der Waals surface area (Å²) in [5.74, 6) is -12.1. The van der Waals surface area contributed by atoms with Crippen molar-refractivity contribution >= 4 is 75.9 Å². The number of benzene rings is 5. The first-order valence-corrected chi connectivity index (χ1v) is 31.4. The van der Waals surface area contributed by atoms with E-state index < -0.39 is 151 Å². The topological polar surface area (TPSA) is 401 Å². The second-order valence-corrected chi connectivity index (χ2v) is 23.8. The van der Waals surface area contributed by atoms with Gasteiger partial charge in [-0.15, -0.1) is 0 Å². The van der Waals surface area contributed by atoms with Gasteiger partial charge in [-0.25, -0.2) is 0 Å². The summed E-state index contributed by atoms with van der Waals surface area (Å²) in [4.78, 5) is 168. The lowest BCUT2D eigenvalue weighted by atomic mass is 9.97. The molecule has 11 amide bonds. The van der Waals surface area contributed by atoms with Gasteiger partial charge in [-0.05, 0) is 91.1 Å². The lowest BCUT2D eigenvalue weighted by molar-refractivity contribution is -0.155. The molecule has 9 atom stereocenters. The number of phenolic OH excluding ortho intramolecular Hbond substituents is 1. The van der Waals surface area contributed by atoms with Crippen LogP contribution in [0.15, 0.2) is 146 Å². The number of aliphatic hydroxyl groups is 1. The molecule has 94 heavy (non-hydrogen) atoms. The van der Waals surface area contributed by atoms with E-state index in [0.717, 1.165) is 0 Å². The summed E-state index contributed by atoms with van der Waals surface area (Å²) in [5.41, 5.74) is 21.4. The molecule has 1 aromatic heterocycles. The van der Waals surface area contributed by atoms with Gasteiger partial charge in [0, 0.05) is 68.6 Å². The third-order valence-corrected chi connectivity index (χ3v) is 16.3. The van der Waals surface area contributed by atoms with Crippen LogP contribution in [-0.2, 0) is 84.8 Å². The average Bonchev–Trinajstić information content (AvgIpc) is 0.900. The van der Waals surface area contributed by atoms with Crippen molar-refractivity contribution in [1.29, 1.82) is 0 Å². The van der Waals surface area contributed by atoms with Crippen molar-refractivity contribution in [3.05, 3.63) is 174 Å². The number of nitrogens with two attached hydrogens (primary N) is 3. The minimum absolute atomic E-state index is 0.0813. The molecule has 7 rings (SSSR count). The van der Waals surface area contributed by atoms with Crippen molar-refractivity contribution in [3.63, 3.8) is 0 Å². The van der Waals surface area contributed by atoms with Crippen LogP contribution in [0.3, 0.4) is 0 Å². The smallest absolute Gasteiger partial charge is 0.252 e. The number of aromatic hydroxyl groups is 1. The first kappa shape index (κ1) is 71.3. The zero-order valence-electron chi connectivity index (χ0n) is 52.8. The predicted octanol–water partition coefficient (Wildman–Crippen LogP) is 1.54. The number of unbranched alkanes of at least 4 members (excludes halogenated alkanes) is 1. The van der Waals surface area contributed by atoms with E-state index >= 15 is 38.4 Å². The number of rotatable bonds is 21. The van der Waals surface area contributed by atoms with Crippen LogP contribution < -0.4 is 49.1 Å². The summed E-state index contributed by atoms with van der Waals surface area (Å²) in [6.45, 7) is 3.97. The Labute approximate surface area is 544 Å². The number of carbonyl (C=O) groups is 11. The number of amides is 11. The molecular formula is C69H84N12O13. The molecule has 0 unspecified atom stereocenters. The molecule has 0 aliphatic carbocycles. The molecule has 0 bridgehead atoms. The summed E-state index contributed by atoms with van der Waals surface area (Å²) in [6.07, 6.45) is -2.75. The van der Waals surface area contributed by atoms with Crippen LogP contribution in [0.5, 0.6) is 5.75 Å². The van der Waals surface area contributed by atoms with Crippen molar-refractivity contribution < 1.29 is 63.0 Å². The fourth-order valence-corrected chi connectivity index (χ4v) is 11.1. The number of nitrogens with zero attached hydrogens (tertiary/aromatic N) is 2. The van der Waals surface area contributed by atoms with Crippen LogP contribution >= 0.6 is 0 Å². The number of imide groups is 2. The maximum Gasteiger partial charge on any atom is 0.252 e. The fourth-order valence-electron chi connectivity index (χ4n) is 11.1. The van der Waals surface area contributed by atoms with Gasteiger partial charge in [-0.3, -0.25) is 62.5 Å². The number of aliphatic hydroxyl groups excluding tert-OH is 1. The van der Waals surface area contributed by atoms with E-state index in [9.17, 15) is 24.6 Å². The molecule has 0 radical (unpaired) electrons. The maximum atomic E-state index is 15.5. The van der Waals surface area contributed by atoms with Crippen molar-refractivity contribution in [3.8, 4) is 5.75 Å². The van der Waals surface area contributed by atoms with E-state index in [1.165, 1.54) is 31.2 Å². The Balaban J connectivity index is 1.38. The first-order chi connectivity index (χ1) is 45.0. The molecule has 15 N–H and O–H groups in total. The quantitative estimate of drug-likeness (QED) is 0.0359. The molecule has 1 aliphatic rings. The molecule has 5 aromatic carbocycles. The Morgan fingerprint density at radius 3 is 1.78 bits per heavy atom. The SMILES string of the molecule is CC(C)[C@@H]1NC(=O)[C@H](CCCCN)NC(=O)[C@@H](Cc2c[nH]c3ccccc23)NC(=O)[C@H](Cc2ccc(O)cc2)NC(=O)[C@H](Cc2ccccc2)N(C(=O)[C@H](N)Cc2ccccc2)C(=O)CCC(=O)NCCC(=O)N([C@@H](Cc2ccccc2)C(=O)N[C@H](C(N)=O)[C@@H](C)O)C1=O. The fraction of sp³-hybridized carbons (Fsp3) is 0.377. The zero-order chi connectivity index (χ0) is 68.0. The Hall–Kier alpha value is -10.1. The number of H-pyrrole nitrogens is 1. The third-order valence-electron chi connectivity index (χ3n) is 16.3. The number of para-hydroxylation sites is 1. The number of fused-ring (bicyclic) bond motifs is 1. The molecule has 25 nitrogen and oxygen atoms in total. The van der Waals surface area contributed by atoms with Crippen molar-refractivity contribution in [2.75, 3.05) is 13.1 Å². The van der Waals surface area contributed by atoms with Gasteiger partial charge >= 0.3 is 0 Å². The predicted molar refractivity (Wildman–Crippen MR) is 349 cm³/mol. The lowest BCUT2D eigenvalue weighted by Gasteiger charge is -2.35. The van der Waals surface area contributed by atoms with Gasteiger partial charge in [-0.1, -0.05) is 135 Å². The third kappa shape index (κ3) is 19.9. The van der Waals surface area contributed by atoms with Gasteiger partial charge in [0.25, 0.3) is 5.91 Å². The average molecular weight is 1290 g/mol. The zero-order valence-corrected chi connectivity index (χ0v) is 52.8. The summed E-state index contributed by atoms with van der Waals surface area (Å²) < 4.78 is 0. The van der Waals surface area contributed by atoms with E-state index in [1.807, 2.05) is 0 Å². The van der Waals surface area contributed by atoms with Crippen LogP contribution in [0.2, 0.25) is 0 Å². The van der Waals surface area contributed by atoms with Crippen molar-refractivity contribution in [2.45, 2.75) is 146 Å². The monoisotopic (exact) mass is 1290 g/mol. The highest BCUT2D eigenvalue weighted by Crippen LogP contribution is 2.23. The van der Waals surface area contributed by atoms with Crippen LogP contribution in [0.4, 0.5) is 0 Å². The summed E-state index contributed by atoms with van der Waals surface area (Å²) in [6, 6.07) is 25.1. The van der Waals surface area contributed by atoms with Gasteiger partial charge in [0.2, 0.25) is 59.1 Å². The Morgan fingerprint density at radius 2 is 1.17 bits per heavy atom. The van der Waals surface area contributed by atoms with Gasteiger partial charge in [0.05, 0.1) is 12.1 Å². The highest BCUT2D eigenvalue weighted by atomic mass is 16.3. The largest absolute Gasteiger partial charge is 0.508 e. The molecule has 25 heteroatoms. The van der Waals surface area contributed by atoms with Gasteiger partial charge in [-0.2, -0.15) is 0 Å². The van der Waals surface area contributed by atoms with Gasteiger partial charge in [0.1, 0.15) is 48.0 Å². The molecule has 2 heterocycles. The molecular weight excluding hydrogens is 1200 g/mol. The molecule has 6 aromatic rings. The number of phenols is 1. The second kappa shape index (κ2) is 34.5. The van der Waals surface area contributed by atoms with Crippen molar-refractivity contribution in [1.82, 2.24) is 46.7 Å². The molecule has 0 saturated carbocycles. The number of aromatic amines is 1. The second-order valence-electron chi connectivity index (χ2n) is 23.8. The van der Waals surface area contributed by atoms with Crippen LogP contribution in [0, 0.1) is 5.92 Å². The molecule has 498 valence electrons. The van der Waals surface area contributed by atoms with Crippen LogP contribution in [0.1, 0.15) is 87.1 Å². The number of nitrogens with one attached hydrogen (secondary N) is 7. The highest BCUT2D eigenvalue weighted by Gasteiger charge is 2.43. The van der Waals surface area contributed by atoms with E-state index in [0.29, 0.717) is 54.9 Å². The number of primary amides is 1.